The number of hydrogen-bond donors (Lipinski definition) is 0. The lowest BCUT2D eigenvalue weighted by Crippen LogP contribution is -2.61. The van der Waals surface area contributed by atoms with Gasteiger partial charge in [0.2, 0.25) is 0 Å². The Labute approximate surface area is 250 Å². The van der Waals surface area contributed by atoms with E-state index in [4.69, 9.17) is 0 Å². The molecule has 2 aliphatic heterocycles. The Morgan fingerprint density at radius 1 is 0.524 bits per heavy atom. The molecule has 42 heavy (non-hydrogen) atoms. The van der Waals surface area contributed by atoms with Crippen molar-refractivity contribution in [3.63, 3.8) is 0 Å². The van der Waals surface area contributed by atoms with Crippen molar-refractivity contribution < 1.29 is 0 Å². The molecule has 3 aliphatic rings. The maximum absolute atomic E-state index is 2.57. The van der Waals surface area contributed by atoms with Gasteiger partial charge >= 0.3 is 0 Å². The van der Waals surface area contributed by atoms with Crippen LogP contribution in [0.5, 0.6) is 0 Å². The van der Waals surface area contributed by atoms with Crippen molar-refractivity contribution in [2.45, 2.75) is 58.8 Å². The molecule has 0 radical (unpaired) electrons. The summed E-state index contributed by atoms with van der Waals surface area (Å²) in [6.45, 7) is 6.84. The average Bonchev–Trinajstić information content (AvgIpc) is 3.01. The first-order valence-electron chi connectivity index (χ1n) is 15.7. The average molecular weight is 545 g/mol. The molecule has 0 spiro atoms. The molecule has 2 heterocycles. The lowest BCUT2D eigenvalue weighted by molar-refractivity contribution is 0.444. The molecule has 0 N–H and O–H groups in total. The quantitative estimate of drug-likeness (QED) is 0.205. The van der Waals surface area contributed by atoms with Gasteiger partial charge in [0, 0.05) is 34.1 Å². The molecule has 1 aliphatic carbocycles. The second kappa shape index (κ2) is 9.95. The Morgan fingerprint density at radius 2 is 1.19 bits per heavy atom. The summed E-state index contributed by atoms with van der Waals surface area (Å²) in [6, 6.07) is 39.3. The van der Waals surface area contributed by atoms with E-state index in [0.29, 0.717) is 5.92 Å². The van der Waals surface area contributed by atoms with E-state index in [0.717, 1.165) is 0 Å². The van der Waals surface area contributed by atoms with E-state index in [1.165, 1.54) is 105 Å². The summed E-state index contributed by atoms with van der Waals surface area (Å²) in [7, 11) is 0. The van der Waals surface area contributed by atoms with Crippen molar-refractivity contribution in [3.8, 4) is 0 Å². The van der Waals surface area contributed by atoms with E-state index >= 15 is 0 Å². The third-order valence-electron chi connectivity index (χ3n) is 9.75. The molecule has 5 aromatic carbocycles. The molecule has 8 rings (SSSR count). The molecule has 1 saturated carbocycles. The van der Waals surface area contributed by atoms with Gasteiger partial charge in [-0.05, 0) is 121 Å². The van der Waals surface area contributed by atoms with E-state index < -0.39 is 0 Å². The summed E-state index contributed by atoms with van der Waals surface area (Å²) in [4.78, 5) is 5.12. The SMILES string of the molecule is Cc1cccc(N2c3cc(C)ccc3B3c4cc(C)ccc4N(c4ccccc4)c4cc(C5CCCCC5)cc2c43)c1. The number of para-hydroxylation sites is 1. The first kappa shape index (κ1) is 25.5. The highest BCUT2D eigenvalue weighted by Gasteiger charge is 2.43. The fraction of sp³-hybridized carbons (Fsp3) is 0.231. The molecular weight excluding hydrogens is 507 g/mol. The first-order chi connectivity index (χ1) is 20.6. The number of anilines is 6. The van der Waals surface area contributed by atoms with E-state index in [-0.39, 0.29) is 6.71 Å². The maximum atomic E-state index is 2.57. The van der Waals surface area contributed by atoms with Gasteiger partial charge < -0.3 is 9.80 Å². The summed E-state index contributed by atoms with van der Waals surface area (Å²) in [6.07, 6.45) is 6.58. The number of rotatable bonds is 3. The second-order valence-corrected chi connectivity index (χ2v) is 12.7. The number of benzene rings is 5. The van der Waals surface area contributed by atoms with Crippen LogP contribution < -0.4 is 26.2 Å². The van der Waals surface area contributed by atoms with E-state index in [9.17, 15) is 0 Å². The summed E-state index contributed by atoms with van der Waals surface area (Å²) in [5, 5.41) is 0. The van der Waals surface area contributed by atoms with E-state index in [1.807, 2.05) is 0 Å². The van der Waals surface area contributed by atoms with Crippen molar-refractivity contribution >= 4 is 57.2 Å². The Hall–Kier alpha value is -4.24. The molecule has 0 atom stereocenters. The number of hydrogen-bond acceptors (Lipinski definition) is 2. The van der Waals surface area contributed by atoms with Crippen LogP contribution in [-0.2, 0) is 0 Å². The van der Waals surface area contributed by atoms with Gasteiger partial charge in [-0.1, -0.05) is 79.4 Å². The van der Waals surface area contributed by atoms with Gasteiger partial charge in [0.1, 0.15) is 0 Å². The summed E-state index contributed by atoms with van der Waals surface area (Å²) < 4.78 is 0. The summed E-state index contributed by atoms with van der Waals surface area (Å²) in [5.41, 5.74) is 17.3. The highest BCUT2D eigenvalue weighted by Crippen LogP contribution is 2.46. The summed E-state index contributed by atoms with van der Waals surface area (Å²) in [5.74, 6) is 0.606. The third-order valence-corrected chi connectivity index (χ3v) is 9.75. The molecule has 5 aromatic rings. The Morgan fingerprint density at radius 3 is 1.95 bits per heavy atom. The number of aryl methyl sites for hydroxylation is 3. The normalized spacial score (nSPS) is 15.7. The zero-order valence-corrected chi connectivity index (χ0v) is 24.9. The molecule has 0 saturated heterocycles. The minimum atomic E-state index is 0.182. The molecule has 0 aromatic heterocycles. The van der Waals surface area contributed by atoms with Crippen LogP contribution in [0.4, 0.5) is 34.1 Å². The van der Waals surface area contributed by atoms with E-state index in [1.54, 1.807) is 0 Å². The highest BCUT2D eigenvalue weighted by molar-refractivity contribution is 7.00. The van der Waals surface area contributed by atoms with Crippen LogP contribution >= 0.6 is 0 Å². The van der Waals surface area contributed by atoms with E-state index in [2.05, 4.69) is 134 Å². The molecule has 2 nitrogen and oxygen atoms in total. The highest BCUT2D eigenvalue weighted by atomic mass is 15.2. The summed E-state index contributed by atoms with van der Waals surface area (Å²) >= 11 is 0. The molecule has 3 heteroatoms. The minimum Gasteiger partial charge on any atom is -0.311 e. The van der Waals surface area contributed by atoms with Crippen LogP contribution in [0.3, 0.4) is 0 Å². The zero-order valence-electron chi connectivity index (χ0n) is 24.9. The Balaban J connectivity index is 1.49. The van der Waals surface area contributed by atoms with Crippen LogP contribution in [0.1, 0.15) is 60.3 Å². The van der Waals surface area contributed by atoms with Crippen LogP contribution in [0.15, 0.2) is 103 Å². The van der Waals surface area contributed by atoms with Crippen molar-refractivity contribution in [1.82, 2.24) is 0 Å². The molecule has 206 valence electrons. The van der Waals surface area contributed by atoms with Crippen LogP contribution in [-0.4, -0.2) is 6.71 Å². The van der Waals surface area contributed by atoms with Crippen molar-refractivity contribution in [1.29, 1.82) is 0 Å². The van der Waals surface area contributed by atoms with Gasteiger partial charge in [-0.15, -0.1) is 0 Å². The second-order valence-electron chi connectivity index (χ2n) is 12.7. The lowest BCUT2D eigenvalue weighted by atomic mass is 9.33. The smallest absolute Gasteiger partial charge is 0.252 e. The third kappa shape index (κ3) is 4.01. The topological polar surface area (TPSA) is 6.48 Å². The molecule has 0 amide bonds. The van der Waals surface area contributed by atoms with Gasteiger partial charge in [-0.3, -0.25) is 0 Å². The zero-order chi connectivity index (χ0) is 28.4. The fourth-order valence-corrected chi connectivity index (χ4v) is 7.82. The Kier molecular flexibility index (Phi) is 6.03. The largest absolute Gasteiger partial charge is 0.311 e. The molecule has 0 unspecified atom stereocenters. The Bertz CT molecular complexity index is 1820. The van der Waals surface area contributed by atoms with Crippen molar-refractivity contribution in [3.05, 3.63) is 125 Å². The van der Waals surface area contributed by atoms with Crippen LogP contribution in [0, 0.1) is 20.8 Å². The van der Waals surface area contributed by atoms with Crippen LogP contribution in [0.2, 0.25) is 0 Å². The molecule has 1 fully saturated rings. The van der Waals surface area contributed by atoms with Gasteiger partial charge in [-0.2, -0.15) is 0 Å². The van der Waals surface area contributed by atoms with Gasteiger partial charge in [0.05, 0.1) is 0 Å². The van der Waals surface area contributed by atoms with Gasteiger partial charge in [0.15, 0.2) is 0 Å². The molecular formula is C39H37BN2. The predicted molar refractivity (Wildman–Crippen MR) is 181 cm³/mol. The first-order valence-corrected chi connectivity index (χ1v) is 15.7. The minimum absolute atomic E-state index is 0.182. The van der Waals surface area contributed by atoms with Gasteiger partial charge in [-0.25, -0.2) is 0 Å². The molecule has 0 bridgehead atoms. The van der Waals surface area contributed by atoms with Gasteiger partial charge in [0.25, 0.3) is 6.71 Å². The van der Waals surface area contributed by atoms with Crippen molar-refractivity contribution in [2.75, 3.05) is 9.80 Å². The predicted octanol–water partition coefficient (Wildman–Crippen LogP) is 8.74. The maximum Gasteiger partial charge on any atom is 0.252 e. The lowest BCUT2D eigenvalue weighted by Gasteiger charge is -2.45. The number of fused-ring (bicyclic) bond motifs is 4. The van der Waals surface area contributed by atoms with Crippen molar-refractivity contribution in [2.24, 2.45) is 0 Å². The standard InChI is InChI=1S/C39H37BN2/c1-26-11-10-16-32(21-26)42-36-23-28(3)17-19-33(36)40-34-22-27(2)18-20-35(34)41(31-14-8-5-9-15-31)37-24-30(25-38(42)39(37)40)29-12-6-4-7-13-29/h5,8-11,14-25,29H,4,6-7,12-13H2,1-3H3. The van der Waals surface area contributed by atoms with Crippen LogP contribution in [0.25, 0.3) is 0 Å². The monoisotopic (exact) mass is 544 g/mol. The number of nitrogens with zero attached hydrogens (tertiary/aromatic N) is 2. The fourth-order valence-electron chi connectivity index (χ4n) is 7.82.